The van der Waals surface area contributed by atoms with Crippen LogP contribution in [0.1, 0.15) is 24.0 Å². The number of fused-ring (bicyclic) bond motifs is 2. The molecular weight excluding hydrogens is 318 g/mol. The number of thiophene rings is 1. The summed E-state index contributed by atoms with van der Waals surface area (Å²) in [6.07, 6.45) is 2.35. The Morgan fingerprint density at radius 1 is 1.10 bits per heavy atom. The van der Waals surface area contributed by atoms with Crippen molar-refractivity contribution < 1.29 is 0 Å². The number of hydrogen-bond donors (Lipinski definition) is 0. The highest BCUT2D eigenvalue weighted by molar-refractivity contribution is 8.01. The number of likely N-dealkylation sites (tertiary alicyclic amines) is 1. The molecule has 2 aromatic rings. The van der Waals surface area contributed by atoms with E-state index in [4.69, 9.17) is 11.6 Å². The van der Waals surface area contributed by atoms with E-state index in [2.05, 4.69) is 35.5 Å². The normalized spacial score (nSPS) is 18.6. The van der Waals surface area contributed by atoms with Crippen molar-refractivity contribution in [2.75, 3.05) is 20.1 Å². The second-order valence-electron chi connectivity index (χ2n) is 5.65. The lowest BCUT2D eigenvalue weighted by Gasteiger charge is -2.29. The first-order valence-corrected chi connectivity index (χ1v) is 9.26. The highest BCUT2D eigenvalue weighted by Gasteiger charge is 2.26. The van der Waals surface area contributed by atoms with Crippen LogP contribution in [-0.2, 0) is 0 Å². The minimum absolute atomic E-state index is 0.828. The van der Waals surface area contributed by atoms with Gasteiger partial charge in [0.2, 0.25) is 0 Å². The van der Waals surface area contributed by atoms with Gasteiger partial charge in [-0.1, -0.05) is 35.0 Å². The predicted molar refractivity (Wildman–Crippen MR) is 92.6 cm³/mol. The third kappa shape index (κ3) is 2.46. The number of nitrogens with zero attached hydrogens (tertiary/aromatic N) is 1. The van der Waals surface area contributed by atoms with Crippen molar-refractivity contribution in [2.24, 2.45) is 0 Å². The van der Waals surface area contributed by atoms with Crippen molar-refractivity contribution >= 4 is 40.3 Å². The van der Waals surface area contributed by atoms with Gasteiger partial charge in [-0.2, -0.15) is 0 Å². The molecule has 0 aliphatic carbocycles. The summed E-state index contributed by atoms with van der Waals surface area (Å²) in [5.74, 6) is 0. The van der Waals surface area contributed by atoms with Gasteiger partial charge in [-0.15, -0.1) is 11.3 Å². The number of piperidine rings is 1. The Bertz CT molecular complexity index is 722. The van der Waals surface area contributed by atoms with Crippen molar-refractivity contribution in [2.45, 2.75) is 21.9 Å². The van der Waals surface area contributed by atoms with Crippen LogP contribution in [0.15, 0.2) is 44.3 Å². The lowest BCUT2D eigenvalue weighted by atomic mass is 9.89. The van der Waals surface area contributed by atoms with Crippen LogP contribution in [0.5, 0.6) is 0 Å². The van der Waals surface area contributed by atoms with Crippen LogP contribution < -0.4 is 0 Å². The summed E-state index contributed by atoms with van der Waals surface area (Å²) >= 11 is 9.90. The van der Waals surface area contributed by atoms with Crippen molar-refractivity contribution in [1.82, 2.24) is 4.90 Å². The van der Waals surface area contributed by atoms with Crippen LogP contribution >= 0.6 is 34.7 Å². The molecule has 1 saturated heterocycles. The lowest BCUT2D eigenvalue weighted by molar-refractivity contribution is 0.313. The minimum atomic E-state index is 0.828. The number of halogens is 1. The number of benzene rings is 1. The van der Waals surface area contributed by atoms with Gasteiger partial charge < -0.3 is 4.90 Å². The Balaban J connectivity index is 1.90. The molecule has 0 atom stereocenters. The molecule has 1 aromatic heterocycles. The van der Waals surface area contributed by atoms with Gasteiger partial charge in [0.15, 0.2) is 0 Å². The van der Waals surface area contributed by atoms with Crippen LogP contribution in [0, 0.1) is 0 Å². The molecule has 21 heavy (non-hydrogen) atoms. The smallest absolute Gasteiger partial charge is 0.0725 e. The van der Waals surface area contributed by atoms with Crippen LogP contribution in [0.3, 0.4) is 0 Å². The van der Waals surface area contributed by atoms with Gasteiger partial charge in [0, 0.05) is 28.6 Å². The fourth-order valence-electron chi connectivity index (χ4n) is 3.11. The molecule has 0 saturated carbocycles. The van der Waals surface area contributed by atoms with Crippen LogP contribution in [0.2, 0.25) is 5.02 Å². The van der Waals surface area contributed by atoms with Crippen molar-refractivity contribution in [1.29, 1.82) is 0 Å². The molecule has 2 aliphatic rings. The largest absolute Gasteiger partial charge is 0.306 e. The molecule has 0 unspecified atom stereocenters. The van der Waals surface area contributed by atoms with Gasteiger partial charge in [-0.25, -0.2) is 0 Å². The summed E-state index contributed by atoms with van der Waals surface area (Å²) in [6.45, 7) is 2.32. The van der Waals surface area contributed by atoms with Crippen molar-refractivity contribution in [3.05, 3.63) is 51.4 Å². The standard InChI is InChI=1S/C17H16ClNS2/c1-19-7-4-11(5-8-19)16-13-3-2-12(18)10-15(13)21-17-14(16)6-9-20-17/h2-3,6,9-10H,4-5,7-8H2,1H3. The predicted octanol–water partition coefficient (Wildman–Crippen LogP) is 5.39. The van der Waals surface area contributed by atoms with Gasteiger partial charge in [0.1, 0.15) is 0 Å². The zero-order valence-electron chi connectivity index (χ0n) is 11.9. The highest BCUT2D eigenvalue weighted by Crippen LogP contribution is 2.50. The molecule has 4 heteroatoms. The summed E-state index contributed by atoms with van der Waals surface area (Å²) in [7, 11) is 2.21. The maximum atomic E-state index is 6.20. The van der Waals surface area contributed by atoms with Gasteiger partial charge in [0.25, 0.3) is 0 Å². The fourth-order valence-corrected chi connectivity index (χ4v) is 5.55. The minimum Gasteiger partial charge on any atom is -0.306 e. The Morgan fingerprint density at radius 3 is 2.71 bits per heavy atom. The van der Waals surface area contributed by atoms with E-state index in [1.165, 1.54) is 38.6 Å². The summed E-state index contributed by atoms with van der Waals surface area (Å²) in [6, 6.07) is 8.62. The summed E-state index contributed by atoms with van der Waals surface area (Å²) in [4.78, 5) is 3.72. The quantitative estimate of drug-likeness (QED) is 0.542. The maximum Gasteiger partial charge on any atom is 0.0725 e. The van der Waals surface area contributed by atoms with E-state index >= 15 is 0 Å². The Hall–Kier alpha value is -0.740. The molecule has 108 valence electrons. The Labute approximate surface area is 138 Å². The maximum absolute atomic E-state index is 6.20. The molecule has 0 radical (unpaired) electrons. The summed E-state index contributed by atoms with van der Waals surface area (Å²) < 4.78 is 1.41. The highest BCUT2D eigenvalue weighted by atomic mass is 35.5. The number of rotatable bonds is 0. The second-order valence-corrected chi connectivity index (χ2v) is 8.31. The topological polar surface area (TPSA) is 3.24 Å². The van der Waals surface area contributed by atoms with Gasteiger partial charge in [0.05, 0.1) is 4.21 Å². The first-order chi connectivity index (χ1) is 10.2. The van der Waals surface area contributed by atoms with E-state index in [1.54, 1.807) is 5.57 Å². The Morgan fingerprint density at radius 2 is 1.90 bits per heavy atom. The summed E-state index contributed by atoms with van der Waals surface area (Å²) in [5, 5.41) is 3.04. The molecule has 3 heterocycles. The molecule has 1 fully saturated rings. The molecule has 0 N–H and O–H groups in total. The van der Waals surface area contributed by atoms with Crippen molar-refractivity contribution in [3.63, 3.8) is 0 Å². The van der Waals surface area contributed by atoms with Gasteiger partial charge in [-0.3, -0.25) is 0 Å². The third-order valence-corrected chi connectivity index (χ3v) is 6.70. The van der Waals surface area contributed by atoms with E-state index in [0.717, 1.165) is 18.1 Å². The van der Waals surface area contributed by atoms with Crippen LogP contribution in [0.4, 0.5) is 0 Å². The molecule has 2 aliphatic heterocycles. The molecular formula is C17H16ClNS2. The lowest BCUT2D eigenvalue weighted by Crippen LogP contribution is -2.27. The van der Waals surface area contributed by atoms with E-state index < -0.39 is 0 Å². The van der Waals surface area contributed by atoms with Crippen molar-refractivity contribution in [3.8, 4) is 0 Å². The molecule has 1 nitrogen and oxygen atoms in total. The van der Waals surface area contributed by atoms with Gasteiger partial charge in [-0.05, 0) is 54.6 Å². The molecule has 0 spiro atoms. The van der Waals surface area contributed by atoms with E-state index in [1.807, 2.05) is 29.2 Å². The average molecular weight is 334 g/mol. The molecule has 0 amide bonds. The van der Waals surface area contributed by atoms with E-state index in [0.29, 0.717) is 0 Å². The second kappa shape index (κ2) is 5.47. The number of hydrogen-bond acceptors (Lipinski definition) is 3. The first kappa shape index (κ1) is 13.9. The third-order valence-electron chi connectivity index (χ3n) is 4.26. The van der Waals surface area contributed by atoms with Crippen LogP contribution in [0.25, 0.3) is 5.57 Å². The first-order valence-electron chi connectivity index (χ1n) is 7.18. The van der Waals surface area contributed by atoms with E-state index in [9.17, 15) is 0 Å². The van der Waals surface area contributed by atoms with Gasteiger partial charge >= 0.3 is 0 Å². The SMILES string of the molecule is CN1CCC(=C2c3ccc(Cl)cc3Sc3sccc32)CC1. The average Bonchev–Trinajstić information content (AvgIpc) is 2.93. The monoisotopic (exact) mass is 333 g/mol. The zero-order chi connectivity index (χ0) is 14.4. The fraction of sp³-hybridized carbons (Fsp3) is 0.294. The van der Waals surface area contributed by atoms with E-state index in [-0.39, 0.29) is 0 Å². The molecule has 0 bridgehead atoms. The Kier molecular flexibility index (Phi) is 3.62. The molecule has 1 aromatic carbocycles. The zero-order valence-corrected chi connectivity index (χ0v) is 14.2. The summed E-state index contributed by atoms with van der Waals surface area (Å²) in [5.41, 5.74) is 5.88. The molecule has 4 rings (SSSR count). The van der Waals surface area contributed by atoms with Crippen LogP contribution in [-0.4, -0.2) is 25.0 Å².